The maximum atomic E-state index is 13.2. The molecule has 138 valence electrons. The molecule has 3 rings (SSSR count). The molecule has 0 aliphatic carbocycles. The predicted molar refractivity (Wildman–Crippen MR) is 110 cm³/mol. The maximum Gasteiger partial charge on any atom is 0.341 e. The SMILES string of the molecule is CCOC(=O)c1c(N)sc(-c2cccc(Cl)c2)c1C(=O)c1ccc(Cl)cc1. The Labute approximate surface area is 170 Å². The van der Waals surface area contributed by atoms with Crippen molar-refractivity contribution >= 4 is 51.3 Å². The summed E-state index contributed by atoms with van der Waals surface area (Å²) in [5.41, 5.74) is 7.48. The van der Waals surface area contributed by atoms with E-state index in [2.05, 4.69) is 0 Å². The largest absolute Gasteiger partial charge is 0.462 e. The molecule has 4 nitrogen and oxygen atoms in total. The molecule has 0 atom stereocenters. The van der Waals surface area contributed by atoms with Crippen LogP contribution in [-0.4, -0.2) is 18.4 Å². The lowest BCUT2D eigenvalue weighted by atomic mass is 9.97. The fourth-order valence-electron chi connectivity index (χ4n) is 2.65. The number of esters is 1. The normalized spacial score (nSPS) is 10.6. The van der Waals surface area contributed by atoms with Gasteiger partial charge in [-0.1, -0.05) is 35.3 Å². The van der Waals surface area contributed by atoms with Crippen LogP contribution in [0.25, 0.3) is 10.4 Å². The van der Waals surface area contributed by atoms with E-state index in [0.717, 1.165) is 11.3 Å². The number of ketones is 1. The highest BCUT2D eigenvalue weighted by molar-refractivity contribution is 7.20. The molecule has 0 saturated carbocycles. The molecule has 0 aliphatic heterocycles. The van der Waals surface area contributed by atoms with Gasteiger partial charge < -0.3 is 10.5 Å². The van der Waals surface area contributed by atoms with Crippen LogP contribution in [0.1, 0.15) is 33.2 Å². The number of carbonyl (C=O) groups excluding carboxylic acids is 2. The summed E-state index contributed by atoms with van der Waals surface area (Å²) in [5, 5.41) is 1.25. The van der Waals surface area contributed by atoms with Crippen LogP contribution < -0.4 is 5.73 Å². The van der Waals surface area contributed by atoms with Crippen LogP contribution in [-0.2, 0) is 4.74 Å². The van der Waals surface area contributed by atoms with Crippen molar-refractivity contribution in [1.82, 2.24) is 0 Å². The Bertz CT molecular complexity index is 1010. The zero-order chi connectivity index (χ0) is 19.6. The van der Waals surface area contributed by atoms with Gasteiger partial charge in [-0.25, -0.2) is 4.79 Å². The first-order chi connectivity index (χ1) is 12.9. The average molecular weight is 420 g/mol. The van der Waals surface area contributed by atoms with Gasteiger partial charge in [0.05, 0.1) is 12.2 Å². The topological polar surface area (TPSA) is 69.4 Å². The number of ether oxygens (including phenoxy) is 1. The molecule has 1 heterocycles. The molecule has 0 fully saturated rings. The fourth-order valence-corrected chi connectivity index (χ4v) is 4.02. The third kappa shape index (κ3) is 4.00. The van der Waals surface area contributed by atoms with E-state index in [1.807, 2.05) is 6.07 Å². The first-order valence-electron chi connectivity index (χ1n) is 8.08. The Kier molecular flexibility index (Phi) is 5.85. The van der Waals surface area contributed by atoms with Gasteiger partial charge in [0.25, 0.3) is 0 Å². The summed E-state index contributed by atoms with van der Waals surface area (Å²) >= 11 is 13.2. The number of hydrogen-bond donors (Lipinski definition) is 1. The summed E-state index contributed by atoms with van der Waals surface area (Å²) in [6, 6.07) is 13.5. The third-order valence-corrected chi connectivity index (χ3v) is 5.39. The molecule has 27 heavy (non-hydrogen) atoms. The van der Waals surface area contributed by atoms with Crippen molar-refractivity contribution < 1.29 is 14.3 Å². The minimum atomic E-state index is -0.628. The van der Waals surface area contributed by atoms with E-state index in [1.54, 1.807) is 49.4 Å². The van der Waals surface area contributed by atoms with E-state index in [9.17, 15) is 9.59 Å². The molecule has 0 saturated heterocycles. The Morgan fingerprint density at radius 1 is 1.04 bits per heavy atom. The van der Waals surface area contributed by atoms with Crippen molar-refractivity contribution in [3.8, 4) is 10.4 Å². The van der Waals surface area contributed by atoms with Crippen LogP contribution in [0.4, 0.5) is 5.00 Å². The molecule has 2 N–H and O–H groups in total. The van der Waals surface area contributed by atoms with E-state index in [-0.39, 0.29) is 28.5 Å². The molecule has 3 aromatic rings. The lowest BCUT2D eigenvalue weighted by molar-refractivity contribution is 0.0525. The van der Waals surface area contributed by atoms with E-state index >= 15 is 0 Å². The van der Waals surface area contributed by atoms with E-state index in [4.69, 9.17) is 33.7 Å². The second-order valence-electron chi connectivity index (χ2n) is 5.61. The number of halogens is 2. The van der Waals surface area contributed by atoms with E-state index < -0.39 is 5.97 Å². The second-order valence-corrected chi connectivity index (χ2v) is 7.54. The van der Waals surface area contributed by atoms with Crippen LogP contribution in [0.15, 0.2) is 48.5 Å². The van der Waals surface area contributed by atoms with Gasteiger partial charge in [-0.05, 0) is 48.9 Å². The monoisotopic (exact) mass is 419 g/mol. The summed E-state index contributed by atoms with van der Waals surface area (Å²) in [4.78, 5) is 26.3. The minimum Gasteiger partial charge on any atom is -0.462 e. The molecular weight excluding hydrogens is 405 g/mol. The predicted octanol–water partition coefficient (Wildman–Crippen LogP) is 5.71. The van der Waals surface area contributed by atoms with Crippen LogP contribution in [0.5, 0.6) is 0 Å². The van der Waals surface area contributed by atoms with E-state index in [0.29, 0.717) is 26.0 Å². The Balaban J connectivity index is 2.23. The highest BCUT2D eigenvalue weighted by Gasteiger charge is 2.29. The number of carbonyl (C=O) groups is 2. The molecule has 0 amide bonds. The summed E-state index contributed by atoms with van der Waals surface area (Å²) in [7, 11) is 0. The molecule has 1 aromatic heterocycles. The molecule has 0 bridgehead atoms. The number of anilines is 1. The minimum absolute atomic E-state index is 0.0803. The van der Waals surface area contributed by atoms with Gasteiger partial charge in [0, 0.05) is 20.5 Å². The van der Waals surface area contributed by atoms with Gasteiger partial charge in [-0.15, -0.1) is 11.3 Å². The standard InChI is InChI=1S/C20H15Cl2NO3S/c1-2-26-20(25)16-15(17(24)11-6-8-13(21)9-7-11)18(27-19(16)23)12-4-3-5-14(22)10-12/h3-10H,2,23H2,1H3. The Hall–Kier alpha value is -2.34. The second kappa shape index (κ2) is 8.13. The first-order valence-corrected chi connectivity index (χ1v) is 9.65. The maximum absolute atomic E-state index is 13.2. The third-order valence-electron chi connectivity index (χ3n) is 3.84. The molecule has 0 spiro atoms. The number of nitrogen functional groups attached to an aromatic ring is 1. The summed E-state index contributed by atoms with van der Waals surface area (Å²) in [5.74, 6) is -0.963. The van der Waals surface area contributed by atoms with Crippen molar-refractivity contribution in [2.24, 2.45) is 0 Å². The number of hydrogen-bond acceptors (Lipinski definition) is 5. The zero-order valence-electron chi connectivity index (χ0n) is 14.3. The molecule has 7 heteroatoms. The smallest absolute Gasteiger partial charge is 0.341 e. The molecule has 0 radical (unpaired) electrons. The molecule has 0 aliphatic rings. The number of thiophene rings is 1. The lowest BCUT2D eigenvalue weighted by Crippen LogP contribution is -2.13. The Morgan fingerprint density at radius 2 is 1.74 bits per heavy atom. The van der Waals surface area contributed by atoms with E-state index in [1.165, 1.54) is 0 Å². The van der Waals surface area contributed by atoms with Gasteiger partial charge in [-0.3, -0.25) is 4.79 Å². The fraction of sp³-hybridized carbons (Fsp3) is 0.100. The Morgan fingerprint density at radius 3 is 2.37 bits per heavy atom. The highest BCUT2D eigenvalue weighted by Crippen LogP contribution is 2.41. The number of nitrogens with two attached hydrogens (primary N) is 1. The lowest BCUT2D eigenvalue weighted by Gasteiger charge is -2.08. The van der Waals surface area contributed by atoms with Crippen molar-refractivity contribution in [2.75, 3.05) is 12.3 Å². The number of rotatable bonds is 5. The first kappa shape index (κ1) is 19.4. The molecular formula is C20H15Cl2NO3S. The van der Waals surface area contributed by atoms with Gasteiger partial charge >= 0.3 is 5.97 Å². The zero-order valence-corrected chi connectivity index (χ0v) is 16.6. The van der Waals surface area contributed by atoms with Gasteiger partial charge in [0.15, 0.2) is 5.78 Å². The van der Waals surface area contributed by atoms with Crippen molar-refractivity contribution in [2.45, 2.75) is 6.92 Å². The summed E-state index contributed by atoms with van der Waals surface area (Å²) in [6.45, 7) is 1.87. The van der Waals surface area contributed by atoms with Crippen LogP contribution in [0.3, 0.4) is 0 Å². The van der Waals surface area contributed by atoms with Crippen molar-refractivity contribution in [3.05, 3.63) is 75.3 Å². The van der Waals surface area contributed by atoms with Gasteiger partial charge in [0.2, 0.25) is 0 Å². The molecule has 2 aromatic carbocycles. The van der Waals surface area contributed by atoms with Crippen LogP contribution >= 0.6 is 34.5 Å². The van der Waals surface area contributed by atoms with Gasteiger partial charge in [0.1, 0.15) is 10.6 Å². The molecule has 0 unspecified atom stereocenters. The van der Waals surface area contributed by atoms with Crippen LogP contribution in [0, 0.1) is 0 Å². The van der Waals surface area contributed by atoms with Crippen molar-refractivity contribution in [3.63, 3.8) is 0 Å². The number of benzene rings is 2. The summed E-state index contributed by atoms with van der Waals surface area (Å²) in [6.07, 6.45) is 0. The van der Waals surface area contributed by atoms with Crippen molar-refractivity contribution in [1.29, 1.82) is 0 Å². The average Bonchev–Trinajstić information content (AvgIpc) is 2.99. The summed E-state index contributed by atoms with van der Waals surface area (Å²) < 4.78 is 5.12. The van der Waals surface area contributed by atoms with Gasteiger partial charge in [-0.2, -0.15) is 0 Å². The quantitative estimate of drug-likeness (QED) is 0.424. The highest BCUT2D eigenvalue weighted by atomic mass is 35.5. The van der Waals surface area contributed by atoms with Crippen LogP contribution in [0.2, 0.25) is 10.0 Å².